The Balaban J connectivity index is 1.32. The molecule has 4 aromatic rings. The lowest BCUT2D eigenvalue weighted by atomic mass is 10.1. The molecule has 0 unspecified atom stereocenters. The van der Waals surface area contributed by atoms with E-state index < -0.39 is 0 Å². The van der Waals surface area contributed by atoms with Crippen molar-refractivity contribution < 1.29 is 14.7 Å². The second-order valence-electron chi connectivity index (χ2n) is 8.69. The lowest BCUT2D eigenvalue weighted by Crippen LogP contribution is -2.27. The van der Waals surface area contributed by atoms with Crippen molar-refractivity contribution in [3.63, 3.8) is 0 Å². The van der Waals surface area contributed by atoms with E-state index in [1.165, 1.54) is 11.3 Å². The van der Waals surface area contributed by atoms with Crippen molar-refractivity contribution in [2.75, 3.05) is 11.9 Å². The molecule has 0 fully saturated rings. The summed E-state index contributed by atoms with van der Waals surface area (Å²) in [4.78, 5) is 27.3. The molecule has 0 atom stereocenters. The van der Waals surface area contributed by atoms with Gasteiger partial charge in [-0.15, -0.1) is 11.3 Å². The van der Waals surface area contributed by atoms with Crippen LogP contribution >= 0.6 is 11.3 Å². The van der Waals surface area contributed by atoms with Crippen LogP contribution in [0.3, 0.4) is 0 Å². The van der Waals surface area contributed by atoms with Crippen LogP contribution in [0.1, 0.15) is 48.8 Å². The average Bonchev–Trinajstić information content (AvgIpc) is 3.58. The number of hydrogen-bond donors (Lipinski definition) is 4. The molecule has 0 saturated heterocycles. The molecule has 8 heteroatoms. The van der Waals surface area contributed by atoms with E-state index in [0.29, 0.717) is 28.4 Å². The fourth-order valence-electron chi connectivity index (χ4n) is 4.39. The van der Waals surface area contributed by atoms with Gasteiger partial charge in [-0.05, 0) is 61.9 Å². The summed E-state index contributed by atoms with van der Waals surface area (Å²) in [7, 11) is 0. The van der Waals surface area contributed by atoms with E-state index in [-0.39, 0.29) is 23.3 Å². The summed E-state index contributed by atoms with van der Waals surface area (Å²) in [6.07, 6.45) is 3.51. The number of benzene rings is 2. The first kappa shape index (κ1) is 22.9. The Bertz CT molecular complexity index is 1390. The number of carbonyl (C=O) groups excluding carboxylic acids is 2. The van der Waals surface area contributed by atoms with Crippen molar-refractivity contribution in [3.8, 4) is 17.0 Å². The first-order valence-electron chi connectivity index (χ1n) is 11.6. The molecule has 1 aliphatic rings. The van der Waals surface area contributed by atoms with Gasteiger partial charge in [0.1, 0.15) is 16.4 Å². The van der Waals surface area contributed by atoms with Crippen molar-refractivity contribution in [1.29, 1.82) is 0 Å². The second kappa shape index (κ2) is 9.76. The number of aromatic hydroxyl groups is 1. The number of hydrogen-bond acceptors (Lipinski definition) is 5. The van der Waals surface area contributed by atoms with Crippen LogP contribution in [-0.4, -0.2) is 33.7 Å². The number of phenolic OH excluding ortho intramolecular Hbond substituents is 1. The van der Waals surface area contributed by atoms with E-state index in [1.807, 2.05) is 49.4 Å². The molecule has 0 radical (unpaired) electrons. The topological polar surface area (TPSA) is 107 Å². The molecule has 0 bridgehead atoms. The van der Waals surface area contributed by atoms with Gasteiger partial charge in [0.05, 0.1) is 11.3 Å². The lowest BCUT2D eigenvalue weighted by Gasteiger charge is -2.09. The van der Waals surface area contributed by atoms with Crippen molar-refractivity contribution >= 4 is 28.2 Å². The third-order valence-corrected chi connectivity index (χ3v) is 7.38. The van der Waals surface area contributed by atoms with Gasteiger partial charge in [-0.1, -0.05) is 42.0 Å². The molecular formula is C27H26N4O3S. The Kier molecular flexibility index (Phi) is 6.37. The van der Waals surface area contributed by atoms with Crippen LogP contribution in [0.5, 0.6) is 5.75 Å². The molecule has 2 amide bonds. The molecule has 4 N–H and O–H groups in total. The summed E-state index contributed by atoms with van der Waals surface area (Å²) < 4.78 is 0. The standard InChI is InChI=1S/C27H26N4O3S/c1-16-10-11-22(32)19(14-16)20-15-21(31-30-20)25(33)29-27-24(18-8-5-9-23(18)35-27)26(34)28-13-12-17-6-3-2-4-7-17/h2-4,6-7,10-11,14-15,32H,5,8-9,12-13H2,1H3,(H,28,34)(H,29,33)(H,30,31). The third kappa shape index (κ3) is 4.83. The molecule has 0 aliphatic heterocycles. The molecular weight excluding hydrogens is 460 g/mol. The molecule has 178 valence electrons. The number of rotatable bonds is 7. The molecule has 2 heterocycles. The summed E-state index contributed by atoms with van der Waals surface area (Å²) in [6.45, 7) is 2.44. The lowest BCUT2D eigenvalue weighted by molar-refractivity contribution is 0.0954. The van der Waals surface area contributed by atoms with Crippen LogP contribution in [0.4, 0.5) is 5.00 Å². The molecule has 5 rings (SSSR count). The van der Waals surface area contributed by atoms with Gasteiger partial charge in [0, 0.05) is 17.0 Å². The van der Waals surface area contributed by atoms with Gasteiger partial charge in [-0.25, -0.2) is 0 Å². The third-order valence-electron chi connectivity index (χ3n) is 6.17. The Morgan fingerprint density at radius 1 is 1.09 bits per heavy atom. The predicted molar refractivity (Wildman–Crippen MR) is 137 cm³/mol. The zero-order chi connectivity index (χ0) is 24.4. The van der Waals surface area contributed by atoms with E-state index in [0.717, 1.165) is 47.3 Å². The maximum Gasteiger partial charge on any atom is 0.274 e. The average molecular weight is 487 g/mol. The van der Waals surface area contributed by atoms with E-state index >= 15 is 0 Å². The molecule has 2 aromatic carbocycles. The van der Waals surface area contributed by atoms with Gasteiger partial charge in [0.25, 0.3) is 11.8 Å². The SMILES string of the molecule is Cc1ccc(O)c(-c2cc(C(=O)Nc3sc4c(c3C(=O)NCCc3ccccc3)CCC4)[nH]n2)c1. The Morgan fingerprint density at radius 3 is 2.74 bits per heavy atom. The Labute approximate surface area is 207 Å². The molecule has 7 nitrogen and oxygen atoms in total. The summed E-state index contributed by atoms with van der Waals surface area (Å²) in [5, 5.41) is 23.6. The van der Waals surface area contributed by atoms with Crippen LogP contribution in [-0.2, 0) is 19.3 Å². The predicted octanol–water partition coefficient (Wildman–Crippen LogP) is 4.87. The van der Waals surface area contributed by atoms with Crippen molar-refractivity contribution in [3.05, 3.63) is 87.4 Å². The minimum absolute atomic E-state index is 0.0956. The van der Waals surface area contributed by atoms with Gasteiger partial charge in [0.2, 0.25) is 0 Å². The van der Waals surface area contributed by atoms with Gasteiger partial charge >= 0.3 is 0 Å². The molecule has 2 aromatic heterocycles. The number of aryl methyl sites for hydroxylation is 2. The number of nitrogens with one attached hydrogen (secondary N) is 3. The zero-order valence-corrected chi connectivity index (χ0v) is 20.2. The number of fused-ring (bicyclic) bond motifs is 1. The molecule has 0 saturated carbocycles. The maximum absolute atomic E-state index is 13.1. The number of aromatic amines is 1. The number of phenols is 1. The van der Waals surface area contributed by atoms with E-state index in [1.54, 1.807) is 12.1 Å². The summed E-state index contributed by atoms with van der Waals surface area (Å²) in [6, 6.07) is 16.8. The van der Waals surface area contributed by atoms with Crippen LogP contribution in [0.15, 0.2) is 54.6 Å². The fourth-order valence-corrected chi connectivity index (χ4v) is 5.67. The Hall–Kier alpha value is -3.91. The van der Waals surface area contributed by atoms with Gasteiger partial charge in [0.15, 0.2) is 0 Å². The highest BCUT2D eigenvalue weighted by Crippen LogP contribution is 2.39. The highest BCUT2D eigenvalue weighted by Gasteiger charge is 2.28. The van der Waals surface area contributed by atoms with E-state index in [2.05, 4.69) is 20.8 Å². The normalized spacial score (nSPS) is 12.4. The van der Waals surface area contributed by atoms with E-state index in [9.17, 15) is 14.7 Å². The fraction of sp³-hybridized carbons (Fsp3) is 0.222. The molecule has 0 spiro atoms. The van der Waals surface area contributed by atoms with Crippen molar-refractivity contribution in [2.24, 2.45) is 0 Å². The molecule has 35 heavy (non-hydrogen) atoms. The molecule has 1 aliphatic carbocycles. The number of thiophene rings is 1. The maximum atomic E-state index is 13.1. The number of amides is 2. The summed E-state index contributed by atoms with van der Waals surface area (Å²) in [5.41, 5.74) is 5.02. The van der Waals surface area contributed by atoms with E-state index in [4.69, 9.17) is 0 Å². The second-order valence-corrected chi connectivity index (χ2v) is 9.80. The van der Waals surface area contributed by atoms with Crippen LogP contribution in [0.25, 0.3) is 11.3 Å². The minimum atomic E-state index is -0.380. The number of aromatic nitrogens is 2. The van der Waals surface area contributed by atoms with Gasteiger partial charge in [-0.2, -0.15) is 5.10 Å². The first-order valence-corrected chi connectivity index (χ1v) is 12.4. The highest BCUT2D eigenvalue weighted by atomic mass is 32.1. The van der Waals surface area contributed by atoms with Gasteiger partial charge < -0.3 is 15.7 Å². The number of anilines is 1. The first-order chi connectivity index (χ1) is 17.0. The number of H-pyrrole nitrogens is 1. The van der Waals surface area contributed by atoms with Gasteiger partial charge in [-0.3, -0.25) is 14.7 Å². The quantitative estimate of drug-likeness (QED) is 0.299. The van der Waals surface area contributed by atoms with Crippen molar-refractivity contribution in [1.82, 2.24) is 15.5 Å². The van der Waals surface area contributed by atoms with Crippen LogP contribution in [0, 0.1) is 6.92 Å². The minimum Gasteiger partial charge on any atom is -0.507 e. The van der Waals surface area contributed by atoms with Crippen LogP contribution < -0.4 is 10.6 Å². The number of carbonyl (C=O) groups is 2. The summed E-state index contributed by atoms with van der Waals surface area (Å²) >= 11 is 1.47. The van der Waals surface area contributed by atoms with Crippen molar-refractivity contribution in [2.45, 2.75) is 32.6 Å². The number of nitrogens with zero attached hydrogens (tertiary/aromatic N) is 1. The summed E-state index contributed by atoms with van der Waals surface area (Å²) in [5.74, 6) is -0.446. The highest BCUT2D eigenvalue weighted by molar-refractivity contribution is 7.17. The monoisotopic (exact) mass is 486 g/mol. The Morgan fingerprint density at radius 2 is 1.91 bits per heavy atom. The van der Waals surface area contributed by atoms with Crippen LogP contribution in [0.2, 0.25) is 0 Å². The largest absolute Gasteiger partial charge is 0.507 e. The smallest absolute Gasteiger partial charge is 0.274 e. The zero-order valence-electron chi connectivity index (χ0n) is 19.4.